The van der Waals surface area contributed by atoms with Gasteiger partial charge < -0.3 is 38.1 Å². The van der Waals surface area contributed by atoms with Crippen LogP contribution in [0.3, 0.4) is 0 Å². The molecule has 0 amide bonds. The van der Waals surface area contributed by atoms with Gasteiger partial charge in [0.25, 0.3) is 0 Å². The van der Waals surface area contributed by atoms with Crippen LogP contribution in [0.5, 0.6) is 0 Å². The third-order valence-corrected chi connectivity index (χ3v) is 11.1. The van der Waals surface area contributed by atoms with Crippen molar-refractivity contribution in [2.24, 2.45) is 5.41 Å². The minimum absolute atomic E-state index is 0.122. The number of rotatable bonds is 44. The van der Waals surface area contributed by atoms with E-state index in [9.17, 15) is 33.6 Å². The van der Waals surface area contributed by atoms with Gasteiger partial charge in [0.1, 0.15) is 31.8 Å². The van der Waals surface area contributed by atoms with Gasteiger partial charge in [-0.05, 0) is 52.6 Å². The summed E-state index contributed by atoms with van der Waals surface area (Å²) in [6.07, 6.45) is 24.2. The molecule has 0 spiro atoms. The number of unbranched alkanes of at least 4 members (excludes halogenated alkanes) is 21. The topological polar surface area (TPSA) is 187 Å². The van der Waals surface area contributed by atoms with Crippen LogP contribution in [0.1, 0.15) is 199 Å². The number of hydrogen-bond acceptors (Lipinski definition) is 15. The maximum absolute atomic E-state index is 13.0. The lowest BCUT2D eigenvalue weighted by Gasteiger charge is -2.31. The van der Waals surface area contributed by atoms with Crippen LogP contribution in [-0.4, -0.2) is 115 Å². The predicted molar refractivity (Wildman–Crippen MR) is 244 cm³/mol. The molecule has 372 valence electrons. The Morgan fingerprint density at radius 3 is 0.688 bits per heavy atom. The first-order chi connectivity index (χ1) is 30.9. The lowest BCUT2D eigenvalue weighted by Crippen LogP contribution is -2.44. The van der Waals surface area contributed by atoms with E-state index in [-0.39, 0.29) is 70.0 Å². The fourth-order valence-electron chi connectivity index (χ4n) is 6.89. The van der Waals surface area contributed by atoms with Crippen LogP contribution in [0.2, 0.25) is 0 Å². The van der Waals surface area contributed by atoms with Crippen LogP contribution in [0.4, 0.5) is 0 Å². The molecule has 0 aliphatic carbocycles. The summed E-state index contributed by atoms with van der Waals surface area (Å²) in [5, 5.41) is 0. The Kier molecular flexibility index (Phi) is 39.5. The molecule has 0 radical (unpaired) electrons. The average Bonchev–Trinajstić information content (AvgIpc) is 3.29. The molecule has 64 heavy (non-hydrogen) atoms. The van der Waals surface area contributed by atoms with E-state index in [1.54, 1.807) is 0 Å². The Morgan fingerprint density at radius 2 is 0.484 bits per heavy atom. The summed E-state index contributed by atoms with van der Waals surface area (Å²) in [7, 11) is 7.89. The van der Waals surface area contributed by atoms with Gasteiger partial charge in [-0.3, -0.25) is 33.6 Å². The predicted octanol–water partition coefficient (Wildman–Crippen LogP) is 9.32. The molecule has 0 saturated heterocycles. The highest BCUT2D eigenvalue weighted by Crippen LogP contribution is 2.24. The van der Waals surface area contributed by atoms with Crippen molar-refractivity contribution >= 4 is 41.8 Å². The maximum atomic E-state index is 13.0. The Morgan fingerprint density at radius 1 is 0.297 bits per heavy atom. The molecular weight excluding hydrogens is 827 g/mol. The standard InChI is InChI=1S/C49H87NO14/c1-50(2)37-36-48(57)64-41-49(38-61-45(54)33-27-21-15-9-6-12-18-24-30-42(51)58-3,39-62-46(55)34-28-22-16-10-7-13-19-25-31-43(52)59-4)40-63-47(56)35-29-23-17-11-8-14-20-26-32-44(53)60-5/h6-41H2,1-5H3. The number of hydrogen-bond donors (Lipinski definition) is 0. The third kappa shape index (κ3) is 38.7. The summed E-state index contributed by atoms with van der Waals surface area (Å²) >= 11 is 0. The minimum atomic E-state index is -1.30. The molecule has 0 rings (SSSR count). The van der Waals surface area contributed by atoms with E-state index in [0.29, 0.717) is 45.1 Å². The van der Waals surface area contributed by atoms with Crippen molar-refractivity contribution in [1.29, 1.82) is 0 Å². The molecule has 15 nitrogen and oxygen atoms in total. The van der Waals surface area contributed by atoms with Gasteiger partial charge in [-0.15, -0.1) is 0 Å². The molecule has 0 N–H and O–H groups in total. The van der Waals surface area contributed by atoms with Crippen molar-refractivity contribution in [2.75, 3.05) is 68.4 Å². The van der Waals surface area contributed by atoms with Crippen molar-refractivity contribution in [3.63, 3.8) is 0 Å². The number of carbonyl (C=O) groups is 7. The highest BCUT2D eigenvalue weighted by molar-refractivity contribution is 5.71. The number of methoxy groups -OCH3 is 3. The fraction of sp³-hybridized carbons (Fsp3) is 0.857. The number of esters is 7. The van der Waals surface area contributed by atoms with Crippen LogP contribution in [0.15, 0.2) is 0 Å². The number of carbonyl (C=O) groups excluding carboxylic acids is 7. The second-order valence-corrected chi connectivity index (χ2v) is 17.4. The van der Waals surface area contributed by atoms with E-state index in [0.717, 1.165) is 135 Å². The normalized spacial score (nSPS) is 11.2. The monoisotopic (exact) mass is 914 g/mol. The molecule has 0 aromatic rings. The summed E-state index contributed by atoms with van der Waals surface area (Å²) in [5.41, 5.74) is -1.30. The van der Waals surface area contributed by atoms with Crippen LogP contribution in [0, 0.1) is 5.41 Å². The highest BCUT2D eigenvalue weighted by Gasteiger charge is 2.38. The Hall–Kier alpha value is -3.75. The van der Waals surface area contributed by atoms with E-state index in [1.807, 2.05) is 19.0 Å². The first kappa shape index (κ1) is 60.2. The Balaban J connectivity index is 5.30. The van der Waals surface area contributed by atoms with Crippen LogP contribution in [-0.2, 0) is 66.7 Å². The minimum Gasteiger partial charge on any atom is -0.469 e. The van der Waals surface area contributed by atoms with Gasteiger partial charge in [-0.1, -0.05) is 116 Å². The second-order valence-electron chi connectivity index (χ2n) is 17.4. The van der Waals surface area contributed by atoms with Crippen LogP contribution in [0.25, 0.3) is 0 Å². The van der Waals surface area contributed by atoms with Gasteiger partial charge in [0, 0.05) is 45.1 Å². The first-order valence-corrected chi connectivity index (χ1v) is 24.3. The molecule has 0 aliphatic rings. The molecule has 15 heteroatoms. The lowest BCUT2D eigenvalue weighted by molar-refractivity contribution is -0.171. The summed E-state index contributed by atoms with van der Waals surface area (Å²) < 4.78 is 37.0. The maximum Gasteiger partial charge on any atom is 0.307 e. The van der Waals surface area contributed by atoms with E-state index >= 15 is 0 Å². The van der Waals surface area contributed by atoms with E-state index in [4.69, 9.17) is 18.9 Å². The van der Waals surface area contributed by atoms with Crippen molar-refractivity contribution < 1.29 is 66.7 Å². The average molecular weight is 914 g/mol. The van der Waals surface area contributed by atoms with Gasteiger partial charge in [0.05, 0.1) is 27.8 Å². The molecule has 0 fully saturated rings. The molecule has 0 bridgehead atoms. The van der Waals surface area contributed by atoms with E-state index in [1.165, 1.54) is 21.3 Å². The van der Waals surface area contributed by atoms with Gasteiger partial charge in [-0.25, -0.2) is 0 Å². The Bertz CT molecular complexity index is 1130. The molecular formula is C49H87NO14. The molecule has 0 heterocycles. The zero-order valence-electron chi connectivity index (χ0n) is 40.6. The SMILES string of the molecule is COC(=O)CCCCCCCCCCC(=O)OCC(COC(=O)CCCCCCCCCCC(=O)OC)(COC(=O)CCCCCCCCCCC(=O)OC)COC(=O)CCN(C)C. The van der Waals surface area contributed by atoms with E-state index < -0.39 is 29.3 Å². The Labute approximate surface area is 385 Å². The molecule has 0 aromatic carbocycles. The van der Waals surface area contributed by atoms with Gasteiger partial charge in [0.2, 0.25) is 0 Å². The highest BCUT2D eigenvalue weighted by atomic mass is 16.6. The molecule has 0 aliphatic heterocycles. The smallest absolute Gasteiger partial charge is 0.307 e. The van der Waals surface area contributed by atoms with Gasteiger partial charge >= 0.3 is 41.8 Å². The summed E-state index contributed by atoms with van der Waals surface area (Å²) in [6, 6.07) is 0. The summed E-state index contributed by atoms with van der Waals surface area (Å²) in [4.78, 5) is 87.5. The first-order valence-electron chi connectivity index (χ1n) is 24.3. The van der Waals surface area contributed by atoms with Crippen LogP contribution >= 0.6 is 0 Å². The molecule has 0 aromatic heterocycles. The van der Waals surface area contributed by atoms with Crippen LogP contribution < -0.4 is 0 Å². The zero-order chi connectivity index (χ0) is 47.5. The fourth-order valence-corrected chi connectivity index (χ4v) is 6.89. The van der Waals surface area contributed by atoms with Crippen molar-refractivity contribution in [3.05, 3.63) is 0 Å². The molecule has 0 atom stereocenters. The molecule has 0 unspecified atom stereocenters. The van der Waals surface area contributed by atoms with E-state index in [2.05, 4.69) is 14.2 Å². The lowest BCUT2D eigenvalue weighted by atomic mass is 9.92. The second kappa shape index (κ2) is 41.9. The zero-order valence-corrected chi connectivity index (χ0v) is 40.6. The van der Waals surface area contributed by atoms with Crippen molar-refractivity contribution in [3.8, 4) is 0 Å². The number of ether oxygens (including phenoxy) is 7. The quantitative estimate of drug-likeness (QED) is 0.0319. The summed E-state index contributed by atoms with van der Waals surface area (Å²) in [5.74, 6) is -2.32. The number of nitrogens with zero attached hydrogens (tertiary/aromatic N) is 1. The van der Waals surface area contributed by atoms with Crippen molar-refractivity contribution in [1.82, 2.24) is 4.90 Å². The van der Waals surface area contributed by atoms with Gasteiger partial charge in [-0.2, -0.15) is 0 Å². The summed E-state index contributed by atoms with van der Waals surface area (Å²) in [6.45, 7) is -0.606. The van der Waals surface area contributed by atoms with Crippen molar-refractivity contribution in [2.45, 2.75) is 199 Å². The largest absolute Gasteiger partial charge is 0.469 e. The third-order valence-electron chi connectivity index (χ3n) is 11.1. The van der Waals surface area contributed by atoms with Gasteiger partial charge in [0.15, 0.2) is 0 Å². The molecule has 0 saturated carbocycles.